The standard InChI is InChI=1S/C37H40ClN3O4/c1-4-25-8-7-9-26(16-25)22-41-36(43)34(18-28-20-39-33-11-6-5-10-30(28)33)40(37(41)44)21-27-13-15-35(31(17-27)24(3)42)45-29-14-12-23(2)32(38)19-29/h5-6,10-15,17,19-20,25-26,34,39H,4,7-9,16,18,21-22H2,1-3H3/t25-,26+,34-/m0/s1. The van der Waals surface area contributed by atoms with Gasteiger partial charge >= 0.3 is 6.03 Å². The number of Topliss-reactive ketones (excluding diaryl/α,β-unsaturated/α-hetero) is 1. The molecule has 234 valence electrons. The number of fused-ring (bicyclic) bond motifs is 1. The van der Waals surface area contributed by atoms with E-state index in [4.69, 9.17) is 16.3 Å². The van der Waals surface area contributed by atoms with Crippen LogP contribution in [0.15, 0.2) is 66.9 Å². The molecule has 1 aliphatic heterocycles. The molecule has 1 saturated heterocycles. The number of hydrogen-bond acceptors (Lipinski definition) is 4. The summed E-state index contributed by atoms with van der Waals surface area (Å²) in [4.78, 5) is 47.3. The Morgan fingerprint density at radius 2 is 1.84 bits per heavy atom. The summed E-state index contributed by atoms with van der Waals surface area (Å²) in [5.74, 6) is 1.61. The molecule has 3 atom stereocenters. The Morgan fingerprint density at radius 1 is 1.04 bits per heavy atom. The average molecular weight is 626 g/mol. The van der Waals surface area contributed by atoms with Crippen LogP contribution in [-0.2, 0) is 17.8 Å². The Kier molecular flexibility index (Phi) is 8.99. The number of ether oxygens (including phenoxy) is 1. The van der Waals surface area contributed by atoms with Crippen molar-refractivity contribution in [3.05, 3.63) is 94.1 Å². The molecule has 1 saturated carbocycles. The van der Waals surface area contributed by atoms with E-state index in [1.807, 2.05) is 55.6 Å². The second-order valence-corrected chi connectivity index (χ2v) is 13.1. The molecular formula is C37H40ClN3O4. The Morgan fingerprint density at radius 3 is 2.62 bits per heavy atom. The van der Waals surface area contributed by atoms with E-state index < -0.39 is 6.04 Å². The van der Waals surface area contributed by atoms with Crippen molar-refractivity contribution in [2.24, 2.45) is 11.8 Å². The minimum absolute atomic E-state index is 0.146. The van der Waals surface area contributed by atoms with Gasteiger partial charge in [-0.25, -0.2) is 4.79 Å². The van der Waals surface area contributed by atoms with Crippen LogP contribution in [0.3, 0.4) is 0 Å². The summed E-state index contributed by atoms with van der Waals surface area (Å²) in [5.41, 5.74) is 4.08. The fourth-order valence-electron chi connectivity index (χ4n) is 6.95. The van der Waals surface area contributed by atoms with Gasteiger partial charge in [-0.05, 0) is 85.5 Å². The van der Waals surface area contributed by atoms with Crippen LogP contribution in [0.2, 0.25) is 5.02 Å². The van der Waals surface area contributed by atoms with Gasteiger partial charge in [-0.2, -0.15) is 0 Å². The van der Waals surface area contributed by atoms with Crippen molar-refractivity contribution in [1.29, 1.82) is 0 Å². The van der Waals surface area contributed by atoms with E-state index >= 15 is 0 Å². The molecule has 1 aliphatic carbocycles. The SMILES string of the molecule is CC[C@H]1CCC[C@@H](CN2C(=O)[C@H](Cc3c[nH]c4ccccc34)N(Cc3ccc(Oc4ccc(C)c(Cl)c4)c(C(C)=O)c3)C2=O)C1. The molecule has 2 aliphatic rings. The summed E-state index contributed by atoms with van der Waals surface area (Å²) in [7, 11) is 0. The quantitative estimate of drug-likeness (QED) is 0.141. The van der Waals surface area contributed by atoms with Gasteiger partial charge in [0.1, 0.15) is 17.5 Å². The minimum atomic E-state index is -0.645. The molecule has 4 aromatic rings. The number of halogens is 1. The highest BCUT2D eigenvalue weighted by Crippen LogP contribution is 2.35. The number of nitrogens with zero attached hydrogens (tertiary/aromatic N) is 2. The summed E-state index contributed by atoms with van der Waals surface area (Å²) in [6.07, 6.45) is 7.92. The highest BCUT2D eigenvalue weighted by Gasteiger charge is 2.46. The number of hydrogen-bond donors (Lipinski definition) is 1. The summed E-state index contributed by atoms with van der Waals surface area (Å²) in [5, 5.41) is 1.63. The molecule has 7 nitrogen and oxygen atoms in total. The lowest BCUT2D eigenvalue weighted by Gasteiger charge is -2.30. The van der Waals surface area contributed by atoms with E-state index in [0.29, 0.717) is 46.9 Å². The summed E-state index contributed by atoms with van der Waals surface area (Å²) >= 11 is 6.29. The zero-order chi connectivity index (χ0) is 31.7. The first-order chi connectivity index (χ1) is 21.7. The van der Waals surface area contributed by atoms with Gasteiger partial charge in [-0.15, -0.1) is 0 Å². The molecule has 2 heterocycles. The molecule has 0 bridgehead atoms. The fraction of sp³-hybridized carbons (Fsp3) is 0.378. The van der Waals surface area contributed by atoms with Crippen molar-refractivity contribution in [3.8, 4) is 11.5 Å². The second-order valence-electron chi connectivity index (χ2n) is 12.6. The molecule has 1 N–H and O–H groups in total. The number of ketones is 1. The molecule has 0 unspecified atom stereocenters. The van der Waals surface area contributed by atoms with E-state index in [2.05, 4.69) is 11.9 Å². The van der Waals surface area contributed by atoms with Gasteiger partial charge in [-0.1, -0.05) is 68.1 Å². The van der Waals surface area contributed by atoms with E-state index in [0.717, 1.165) is 53.3 Å². The Hall–Kier alpha value is -4.10. The van der Waals surface area contributed by atoms with Crippen LogP contribution in [0.25, 0.3) is 10.9 Å². The van der Waals surface area contributed by atoms with Crippen LogP contribution < -0.4 is 4.74 Å². The number of aromatic amines is 1. The van der Waals surface area contributed by atoms with Crippen LogP contribution in [0, 0.1) is 18.8 Å². The highest BCUT2D eigenvalue weighted by molar-refractivity contribution is 6.31. The number of nitrogens with one attached hydrogen (secondary N) is 1. The van der Waals surface area contributed by atoms with Gasteiger partial charge in [0, 0.05) is 41.6 Å². The molecule has 0 spiro atoms. The van der Waals surface area contributed by atoms with Crippen molar-refractivity contribution in [1.82, 2.24) is 14.8 Å². The number of urea groups is 1. The van der Waals surface area contributed by atoms with Gasteiger partial charge in [0.25, 0.3) is 5.91 Å². The van der Waals surface area contributed by atoms with Crippen LogP contribution >= 0.6 is 11.6 Å². The smallest absolute Gasteiger partial charge is 0.327 e. The van der Waals surface area contributed by atoms with Crippen molar-refractivity contribution in [2.45, 2.75) is 71.9 Å². The Balaban J connectivity index is 1.29. The lowest BCUT2D eigenvalue weighted by Crippen LogP contribution is -2.37. The summed E-state index contributed by atoms with van der Waals surface area (Å²) in [6.45, 7) is 6.29. The third kappa shape index (κ3) is 6.50. The molecule has 3 amide bonds. The van der Waals surface area contributed by atoms with Crippen LogP contribution in [0.5, 0.6) is 11.5 Å². The molecule has 45 heavy (non-hydrogen) atoms. The predicted octanol–water partition coefficient (Wildman–Crippen LogP) is 8.72. The first kappa shape index (κ1) is 30.9. The number of carbonyl (C=O) groups excluding carboxylic acids is 3. The first-order valence-electron chi connectivity index (χ1n) is 16.0. The van der Waals surface area contributed by atoms with Crippen LogP contribution in [0.1, 0.15) is 73.0 Å². The number of para-hydroxylation sites is 1. The van der Waals surface area contributed by atoms with E-state index in [9.17, 15) is 14.4 Å². The van der Waals surface area contributed by atoms with Gasteiger partial charge in [0.05, 0.1) is 5.56 Å². The zero-order valence-electron chi connectivity index (χ0n) is 26.1. The topological polar surface area (TPSA) is 82.7 Å². The maximum atomic E-state index is 14.1. The maximum absolute atomic E-state index is 14.1. The van der Waals surface area contributed by atoms with Crippen molar-refractivity contribution in [3.63, 3.8) is 0 Å². The largest absolute Gasteiger partial charge is 0.457 e. The lowest BCUT2D eigenvalue weighted by molar-refractivity contribution is -0.128. The maximum Gasteiger partial charge on any atom is 0.327 e. The Bertz CT molecular complexity index is 1750. The van der Waals surface area contributed by atoms with Gasteiger partial charge in [0.15, 0.2) is 5.78 Å². The molecule has 8 heteroatoms. The number of amides is 3. The Labute approximate surface area is 269 Å². The third-order valence-corrected chi connectivity index (χ3v) is 9.96. The first-order valence-corrected chi connectivity index (χ1v) is 16.3. The molecule has 3 aromatic carbocycles. The molecule has 6 rings (SSSR count). The summed E-state index contributed by atoms with van der Waals surface area (Å²) in [6, 6.07) is 17.9. The minimum Gasteiger partial charge on any atom is -0.457 e. The molecule has 2 fully saturated rings. The number of H-pyrrole nitrogens is 1. The molecular weight excluding hydrogens is 586 g/mol. The van der Waals surface area contributed by atoms with Crippen molar-refractivity contribution >= 4 is 40.2 Å². The van der Waals surface area contributed by atoms with Crippen molar-refractivity contribution < 1.29 is 19.1 Å². The number of rotatable bonds is 10. The van der Waals surface area contributed by atoms with Gasteiger partial charge in [0.2, 0.25) is 0 Å². The average Bonchev–Trinajstić information content (AvgIpc) is 3.54. The van der Waals surface area contributed by atoms with E-state index in [1.165, 1.54) is 18.2 Å². The van der Waals surface area contributed by atoms with E-state index in [1.54, 1.807) is 23.1 Å². The third-order valence-electron chi connectivity index (χ3n) is 9.55. The molecule has 0 radical (unpaired) electrons. The zero-order valence-corrected chi connectivity index (χ0v) is 26.9. The highest BCUT2D eigenvalue weighted by atomic mass is 35.5. The van der Waals surface area contributed by atoms with Gasteiger partial charge in [-0.3, -0.25) is 14.5 Å². The van der Waals surface area contributed by atoms with Crippen molar-refractivity contribution in [2.75, 3.05) is 6.54 Å². The number of imide groups is 1. The normalized spacial score (nSPS) is 20.3. The number of aryl methyl sites for hydroxylation is 1. The lowest BCUT2D eigenvalue weighted by atomic mass is 9.80. The number of aromatic nitrogens is 1. The fourth-order valence-corrected chi connectivity index (χ4v) is 7.12. The summed E-state index contributed by atoms with van der Waals surface area (Å²) < 4.78 is 6.07. The van der Waals surface area contributed by atoms with E-state index in [-0.39, 0.29) is 24.3 Å². The number of benzene rings is 3. The predicted molar refractivity (Wildman–Crippen MR) is 177 cm³/mol. The molecule has 1 aromatic heterocycles. The van der Waals surface area contributed by atoms with Gasteiger partial charge < -0.3 is 14.6 Å². The second kappa shape index (κ2) is 13.1. The number of carbonyl (C=O) groups is 3. The van der Waals surface area contributed by atoms with Crippen LogP contribution in [0.4, 0.5) is 4.79 Å². The van der Waals surface area contributed by atoms with Crippen LogP contribution in [-0.4, -0.2) is 45.1 Å². The monoisotopic (exact) mass is 625 g/mol.